The van der Waals surface area contributed by atoms with Gasteiger partial charge in [-0.2, -0.15) is 0 Å². The molecule has 0 aromatic heterocycles. The van der Waals surface area contributed by atoms with Crippen LogP contribution < -0.4 is 0 Å². The molecule has 0 aliphatic carbocycles. The number of hydrogen-bond acceptors (Lipinski definition) is 4. The van der Waals surface area contributed by atoms with Crippen molar-refractivity contribution in [2.45, 2.75) is 90.8 Å². The topological polar surface area (TPSA) is 52.6 Å². The van der Waals surface area contributed by atoms with Gasteiger partial charge in [-0.3, -0.25) is 9.59 Å². The van der Waals surface area contributed by atoms with E-state index in [9.17, 15) is 9.59 Å². The van der Waals surface area contributed by atoms with Crippen molar-refractivity contribution < 1.29 is 19.1 Å². The summed E-state index contributed by atoms with van der Waals surface area (Å²) in [6, 6.07) is 0. The van der Waals surface area contributed by atoms with E-state index in [1.807, 2.05) is 6.92 Å². The predicted molar refractivity (Wildman–Crippen MR) is 128 cm³/mol. The Labute approximate surface area is 188 Å². The second-order valence-corrected chi connectivity index (χ2v) is 7.74. The van der Waals surface area contributed by atoms with Crippen molar-refractivity contribution >= 4 is 11.9 Å². The fourth-order valence-electron chi connectivity index (χ4n) is 3.32. The van der Waals surface area contributed by atoms with E-state index >= 15 is 0 Å². The van der Waals surface area contributed by atoms with Crippen LogP contribution in [-0.2, 0) is 19.1 Å². The van der Waals surface area contributed by atoms with E-state index < -0.39 is 6.10 Å². The molecule has 0 aromatic carbocycles. The second kappa shape index (κ2) is 17.3. The lowest BCUT2D eigenvalue weighted by atomic mass is 9.96. The Balaban J connectivity index is 2.20. The monoisotopic (exact) mass is 428 g/mol. The van der Waals surface area contributed by atoms with Crippen LogP contribution in [0.3, 0.4) is 0 Å². The Morgan fingerprint density at radius 2 is 1.39 bits per heavy atom. The number of hydrogen-bond donors (Lipinski definition) is 0. The lowest BCUT2D eigenvalue weighted by Crippen LogP contribution is -2.31. The molecule has 0 bridgehead atoms. The van der Waals surface area contributed by atoms with Gasteiger partial charge in [0.1, 0.15) is 6.10 Å². The first-order valence-electron chi connectivity index (χ1n) is 11.7. The molecule has 3 unspecified atom stereocenters. The fraction of sp³-hybridized carbons (Fsp3) is 0.556. The summed E-state index contributed by atoms with van der Waals surface area (Å²) in [6.07, 6.45) is 28.2. The Morgan fingerprint density at radius 3 is 1.90 bits per heavy atom. The standard InChI is InChI=1S/C27H40O4/c1-4-6-7-8-9-10-11-12-13-14-15-16-17-18-19-20-22-24-26(23(3)30-27(24)29)31-25(28)21-5-2/h6-7,9-10,12-13,15-16,18-19,23-24,26H,4-5,8,11,14,17,20-22H2,1-3H3. The summed E-state index contributed by atoms with van der Waals surface area (Å²) in [5.74, 6) is -0.871. The summed E-state index contributed by atoms with van der Waals surface area (Å²) in [7, 11) is 0. The van der Waals surface area contributed by atoms with Gasteiger partial charge in [0, 0.05) is 6.42 Å². The molecule has 172 valence electrons. The summed E-state index contributed by atoms with van der Waals surface area (Å²) in [6.45, 7) is 5.86. The SMILES string of the molecule is CCC=CCC=CCC=CCC=CCC=CCCC1C(=O)OC(C)C1OC(=O)CCC. The average Bonchev–Trinajstić information content (AvgIpc) is 3.00. The molecule has 1 aliphatic rings. The van der Waals surface area contributed by atoms with E-state index in [1.165, 1.54) is 0 Å². The molecule has 31 heavy (non-hydrogen) atoms. The molecule has 4 nitrogen and oxygen atoms in total. The highest BCUT2D eigenvalue weighted by Gasteiger charge is 2.44. The smallest absolute Gasteiger partial charge is 0.313 e. The lowest BCUT2D eigenvalue weighted by Gasteiger charge is -2.18. The van der Waals surface area contributed by atoms with Gasteiger partial charge in [-0.1, -0.05) is 74.6 Å². The number of esters is 2. The molecule has 1 aliphatic heterocycles. The summed E-state index contributed by atoms with van der Waals surface area (Å²) in [5, 5.41) is 0. The molecule has 3 atom stereocenters. The van der Waals surface area contributed by atoms with Gasteiger partial charge >= 0.3 is 11.9 Å². The number of allylic oxidation sites excluding steroid dienone is 10. The van der Waals surface area contributed by atoms with E-state index in [1.54, 1.807) is 6.92 Å². The van der Waals surface area contributed by atoms with Crippen LogP contribution in [0, 0.1) is 5.92 Å². The van der Waals surface area contributed by atoms with Crippen LogP contribution in [-0.4, -0.2) is 24.1 Å². The van der Waals surface area contributed by atoms with Gasteiger partial charge in [0.25, 0.3) is 0 Å². The summed E-state index contributed by atoms with van der Waals surface area (Å²) >= 11 is 0. The van der Waals surface area contributed by atoms with E-state index in [-0.39, 0.29) is 24.0 Å². The normalized spacial score (nSPS) is 22.0. The van der Waals surface area contributed by atoms with Crippen molar-refractivity contribution in [1.82, 2.24) is 0 Å². The number of rotatable bonds is 15. The summed E-state index contributed by atoms with van der Waals surface area (Å²) < 4.78 is 10.8. The van der Waals surface area contributed by atoms with Crippen molar-refractivity contribution in [2.24, 2.45) is 5.92 Å². The first-order valence-corrected chi connectivity index (χ1v) is 11.7. The quantitative estimate of drug-likeness (QED) is 0.213. The fourth-order valence-corrected chi connectivity index (χ4v) is 3.32. The zero-order chi connectivity index (χ0) is 22.7. The van der Waals surface area contributed by atoms with Gasteiger partial charge in [-0.15, -0.1) is 0 Å². The van der Waals surface area contributed by atoms with Crippen LogP contribution in [0.5, 0.6) is 0 Å². The van der Waals surface area contributed by atoms with E-state index in [2.05, 4.69) is 67.7 Å². The molecule has 0 aromatic rings. The van der Waals surface area contributed by atoms with E-state index in [4.69, 9.17) is 9.47 Å². The largest absolute Gasteiger partial charge is 0.458 e. The number of carbonyl (C=O) groups excluding carboxylic acids is 2. The molecule has 0 saturated carbocycles. The summed E-state index contributed by atoms with van der Waals surface area (Å²) in [4.78, 5) is 23.9. The minimum absolute atomic E-state index is 0.252. The highest BCUT2D eigenvalue weighted by atomic mass is 16.6. The van der Waals surface area contributed by atoms with Gasteiger partial charge in [0.05, 0.1) is 5.92 Å². The van der Waals surface area contributed by atoms with E-state index in [0.29, 0.717) is 12.8 Å². The molecule has 1 rings (SSSR count). The third-order valence-corrected chi connectivity index (χ3v) is 4.99. The molecular formula is C27H40O4. The zero-order valence-corrected chi connectivity index (χ0v) is 19.5. The highest BCUT2D eigenvalue weighted by Crippen LogP contribution is 2.29. The van der Waals surface area contributed by atoms with Gasteiger partial charge in [0.2, 0.25) is 0 Å². The van der Waals surface area contributed by atoms with Crippen LogP contribution in [0.25, 0.3) is 0 Å². The van der Waals surface area contributed by atoms with Crippen LogP contribution in [0.1, 0.15) is 78.6 Å². The molecule has 1 heterocycles. The van der Waals surface area contributed by atoms with Gasteiger partial charge < -0.3 is 9.47 Å². The minimum atomic E-state index is -0.464. The maximum Gasteiger partial charge on any atom is 0.313 e. The molecule has 0 radical (unpaired) electrons. The van der Waals surface area contributed by atoms with Crippen molar-refractivity contribution in [3.63, 3.8) is 0 Å². The van der Waals surface area contributed by atoms with Crippen LogP contribution in [0.2, 0.25) is 0 Å². The Hall–Kier alpha value is -2.36. The third-order valence-electron chi connectivity index (χ3n) is 4.99. The highest BCUT2D eigenvalue weighted by molar-refractivity contribution is 5.77. The van der Waals surface area contributed by atoms with Crippen molar-refractivity contribution in [1.29, 1.82) is 0 Å². The molecular weight excluding hydrogens is 388 g/mol. The Bertz CT molecular complexity index is 654. The molecule has 4 heteroatoms. The molecule has 0 spiro atoms. The average molecular weight is 429 g/mol. The molecule has 1 saturated heterocycles. The van der Waals surface area contributed by atoms with Crippen molar-refractivity contribution in [2.75, 3.05) is 0 Å². The maximum atomic E-state index is 12.1. The van der Waals surface area contributed by atoms with Crippen LogP contribution >= 0.6 is 0 Å². The minimum Gasteiger partial charge on any atom is -0.458 e. The van der Waals surface area contributed by atoms with Crippen LogP contribution in [0.4, 0.5) is 0 Å². The third kappa shape index (κ3) is 12.2. The molecule has 0 amide bonds. The molecule has 1 fully saturated rings. The van der Waals surface area contributed by atoms with Gasteiger partial charge in [0.15, 0.2) is 6.10 Å². The Morgan fingerprint density at radius 1 is 0.871 bits per heavy atom. The van der Waals surface area contributed by atoms with E-state index in [0.717, 1.165) is 44.9 Å². The second-order valence-electron chi connectivity index (χ2n) is 7.74. The summed E-state index contributed by atoms with van der Waals surface area (Å²) in [5.41, 5.74) is 0. The maximum absolute atomic E-state index is 12.1. The first-order chi connectivity index (χ1) is 15.1. The van der Waals surface area contributed by atoms with Crippen molar-refractivity contribution in [3.05, 3.63) is 60.8 Å². The number of ether oxygens (including phenoxy) is 2. The first kappa shape index (κ1) is 26.7. The Kier molecular flexibility index (Phi) is 14.9. The van der Waals surface area contributed by atoms with Crippen molar-refractivity contribution in [3.8, 4) is 0 Å². The predicted octanol–water partition coefficient (Wildman–Crippen LogP) is 6.79. The number of carbonyl (C=O) groups is 2. The van der Waals surface area contributed by atoms with Crippen LogP contribution in [0.15, 0.2) is 60.8 Å². The van der Waals surface area contributed by atoms with Gasteiger partial charge in [-0.25, -0.2) is 0 Å². The number of cyclic esters (lactones) is 1. The van der Waals surface area contributed by atoms with Gasteiger partial charge in [-0.05, 0) is 58.3 Å². The zero-order valence-electron chi connectivity index (χ0n) is 19.5. The lowest BCUT2D eigenvalue weighted by molar-refractivity contribution is -0.153. The molecule has 0 N–H and O–H groups in total.